The molecule has 0 spiro atoms. The highest BCUT2D eigenvalue weighted by Gasteiger charge is 2.18. The predicted octanol–water partition coefficient (Wildman–Crippen LogP) is 2.64. The summed E-state index contributed by atoms with van der Waals surface area (Å²) in [6.07, 6.45) is 3.67. The zero-order valence-corrected chi connectivity index (χ0v) is 11.0. The molecule has 98 valence electrons. The molecule has 18 heavy (non-hydrogen) atoms. The normalized spacial score (nSPS) is 15.2. The third kappa shape index (κ3) is 3.49. The standard InChI is InChI=1S/C15H21NO2/c1-2-13-6-3-7-14(12-13)18-11-5-10-16-9-4-8-15(16)17/h3,6-7,12H,2,4-5,8-11H2,1H3. The van der Waals surface area contributed by atoms with Gasteiger partial charge in [-0.25, -0.2) is 0 Å². The maximum Gasteiger partial charge on any atom is 0.222 e. The summed E-state index contributed by atoms with van der Waals surface area (Å²) in [5.41, 5.74) is 1.29. The Morgan fingerprint density at radius 1 is 1.39 bits per heavy atom. The van der Waals surface area contributed by atoms with Crippen LogP contribution in [0.25, 0.3) is 0 Å². The van der Waals surface area contributed by atoms with Crippen LogP contribution in [0.5, 0.6) is 5.75 Å². The van der Waals surface area contributed by atoms with E-state index in [1.165, 1.54) is 5.56 Å². The number of rotatable bonds is 6. The molecule has 0 aromatic heterocycles. The molecule has 0 bridgehead atoms. The summed E-state index contributed by atoms with van der Waals surface area (Å²) in [5, 5.41) is 0. The van der Waals surface area contributed by atoms with E-state index in [-0.39, 0.29) is 0 Å². The Morgan fingerprint density at radius 3 is 3.00 bits per heavy atom. The number of likely N-dealkylation sites (tertiary alicyclic amines) is 1. The maximum absolute atomic E-state index is 11.4. The van der Waals surface area contributed by atoms with E-state index in [1.807, 2.05) is 17.0 Å². The monoisotopic (exact) mass is 247 g/mol. The van der Waals surface area contributed by atoms with E-state index in [1.54, 1.807) is 0 Å². The molecule has 0 N–H and O–H groups in total. The molecule has 2 rings (SSSR count). The van der Waals surface area contributed by atoms with Crippen molar-refractivity contribution in [2.75, 3.05) is 19.7 Å². The van der Waals surface area contributed by atoms with Gasteiger partial charge in [0.05, 0.1) is 6.61 Å². The Morgan fingerprint density at radius 2 is 2.28 bits per heavy atom. The summed E-state index contributed by atoms with van der Waals surface area (Å²) in [5.74, 6) is 1.23. The van der Waals surface area contributed by atoms with Crippen molar-refractivity contribution in [3.05, 3.63) is 29.8 Å². The number of amides is 1. The molecule has 1 amide bonds. The zero-order valence-electron chi connectivity index (χ0n) is 11.0. The van der Waals surface area contributed by atoms with Gasteiger partial charge in [-0.05, 0) is 37.0 Å². The van der Waals surface area contributed by atoms with Crippen molar-refractivity contribution in [1.29, 1.82) is 0 Å². The number of aryl methyl sites for hydroxylation is 1. The number of ether oxygens (including phenoxy) is 1. The van der Waals surface area contributed by atoms with Gasteiger partial charge in [0.25, 0.3) is 0 Å². The lowest BCUT2D eigenvalue weighted by Crippen LogP contribution is -2.26. The van der Waals surface area contributed by atoms with Crippen LogP contribution in [0.3, 0.4) is 0 Å². The van der Waals surface area contributed by atoms with E-state index in [2.05, 4.69) is 19.1 Å². The van der Waals surface area contributed by atoms with Gasteiger partial charge in [-0.1, -0.05) is 19.1 Å². The summed E-state index contributed by atoms with van der Waals surface area (Å²) in [7, 11) is 0. The van der Waals surface area contributed by atoms with Gasteiger partial charge in [-0.3, -0.25) is 4.79 Å². The maximum atomic E-state index is 11.4. The first-order valence-corrected chi connectivity index (χ1v) is 6.79. The Hall–Kier alpha value is -1.51. The Labute approximate surface area is 109 Å². The number of nitrogens with zero attached hydrogens (tertiary/aromatic N) is 1. The molecule has 3 heteroatoms. The van der Waals surface area contributed by atoms with Gasteiger partial charge in [0.1, 0.15) is 5.75 Å². The average Bonchev–Trinajstić information content (AvgIpc) is 2.81. The van der Waals surface area contributed by atoms with Gasteiger partial charge in [0.2, 0.25) is 5.91 Å². The fourth-order valence-corrected chi connectivity index (χ4v) is 2.24. The molecule has 1 aromatic carbocycles. The number of carbonyl (C=O) groups is 1. The summed E-state index contributed by atoms with van der Waals surface area (Å²) in [6.45, 7) is 4.56. The van der Waals surface area contributed by atoms with Gasteiger partial charge < -0.3 is 9.64 Å². The summed E-state index contributed by atoms with van der Waals surface area (Å²) in [4.78, 5) is 13.3. The highest BCUT2D eigenvalue weighted by atomic mass is 16.5. The lowest BCUT2D eigenvalue weighted by Gasteiger charge is -2.15. The van der Waals surface area contributed by atoms with Gasteiger partial charge >= 0.3 is 0 Å². The van der Waals surface area contributed by atoms with Crippen LogP contribution in [-0.4, -0.2) is 30.5 Å². The number of hydrogen-bond acceptors (Lipinski definition) is 2. The molecule has 1 aliphatic rings. The lowest BCUT2D eigenvalue weighted by molar-refractivity contribution is -0.127. The molecule has 3 nitrogen and oxygen atoms in total. The predicted molar refractivity (Wildman–Crippen MR) is 71.7 cm³/mol. The largest absolute Gasteiger partial charge is 0.494 e. The van der Waals surface area contributed by atoms with Gasteiger partial charge in [0, 0.05) is 19.5 Å². The van der Waals surface area contributed by atoms with Crippen molar-refractivity contribution >= 4 is 5.91 Å². The average molecular weight is 247 g/mol. The van der Waals surface area contributed by atoms with Crippen LogP contribution in [-0.2, 0) is 11.2 Å². The molecule has 1 saturated heterocycles. The van der Waals surface area contributed by atoms with E-state index in [0.29, 0.717) is 12.5 Å². The minimum atomic E-state index is 0.294. The van der Waals surface area contributed by atoms with E-state index in [4.69, 9.17) is 4.74 Å². The third-order valence-corrected chi connectivity index (χ3v) is 3.32. The van der Waals surface area contributed by atoms with Crippen LogP contribution >= 0.6 is 0 Å². The van der Waals surface area contributed by atoms with E-state index >= 15 is 0 Å². The SMILES string of the molecule is CCc1cccc(OCCCN2CCCC2=O)c1. The van der Waals surface area contributed by atoms with E-state index in [9.17, 15) is 4.79 Å². The highest BCUT2D eigenvalue weighted by Crippen LogP contribution is 2.14. The molecule has 0 atom stereocenters. The number of carbonyl (C=O) groups excluding carboxylic acids is 1. The number of benzene rings is 1. The van der Waals surface area contributed by atoms with Crippen molar-refractivity contribution in [1.82, 2.24) is 4.90 Å². The molecule has 1 fully saturated rings. The summed E-state index contributed by atoms with van der Waals surface area (Å²) < 4.78 is 5.71. The van der Waals surface area contributed by atoms with Gasteiger partial charge in [-0.2, -0.15) is 0 Å². The fourth-order valence-electron chi connectivity index (χ4n) is 2.24. The lowest BCUT2D eigenvalue weighted by atomic mass is 10.2. The minimum absolute atomic E-state index is 0.294. The van der Waals surface area contributed by atoms with E-state index < -0.39 is 0 Å². The zero-order chi connectivity index (χ0) is 12.8. The Balaban J connectivity index is 1.70. The second kappa shape index (κ2) is 6.43. The number of hydrogen-bond donors (Lipinski definition) is 0. The minimum Gasteiger partial charge on any atom is -0.494 e. The second-order valence-electron chi connectivity index (χ2n) is 4.69. The van der Waals surface area contributed by atoms with Crippen LogP contribution in [0, 0.1) is 0 Å². The van der Waals surface area contributed by atoms with Crippen molar-refractivity contribution in [2.45, 2.75) is 32.6 Å². The first kappa shape index (κ1) is 12.9. The van der Waals surface area contributed by atoms with Gasteiger partial charge in [0.15, 0.2) is 0 Å². The van der Waals surface area contributed by atoms with Crippen LogP contribution in [0.4, 0.5) is 0 Å². The van der Waals surface area contributed by atoms with E-state index in [0.717, 1.165) is 44.5 Å². The summed E-state index contributed by atoms with van der Waals surface area (Å²) >= 11 is 0. The quantitative estimate of drug-likeness (QED) is 0.723. The first-order valence-electron chi connectivity index (χ1n) is 6.79. The molecule has 0 unspecified atom stereocenters. The smallest absolute Gasteiger partial charge is 0.222 e. The molecular formula is C15H21NO2. The van der Waals surface area contributed by atoms with Gasteiger partial charge in [-0.15, -0.1) is 0 Å². The van der Waals surface area contributed by atoms with Crippen molar-refractivity contribution in [3.8, 4) is 5.75 Å². The molecule has 1 heterocycles. The Bertz CT molecular complexity index is 403. The Kier molecular flexibility index (Phi) is 4.62. The molecular weight excluding hydrogens is 226 g/mol. The van der Waals surface area contributed by atoms with Crippen molar-refractivity contribution in [3.63, 3.8) is 0 Å². The molecule has 0 aliphatic carbocycles. The van der Waals surface area contributed by atoms with Crippen LogP contribution in [0.2, 0.25) is 0 Å². The molecule has 0 saturated carbocycles. The third-order valence-electron chi connectivity index (χ3n) is 3.32. The second-order valence-corrected chi connectivity index (χ2v) is 4.69. The van der Waals surface area contributed by atoms with Crippen LogP contribution in [0.15, 0.2) is 24.3 Å². The first-order chi connectivity index (χ1) is 8.79. The molecule has 0 radical (unpaired) electrons. The molecule has 1 aliphatic heterocycles. The van der Waals surface area contributed by atoms with Crippen LogP contribution in [0.1, 0.15) is 31.7 Å². The summed E-state index contributed by atoms with van der Waals surface area (Å²) in [6, 6.07) is 8.20. The highest BCUT2D eigenvalue weighted by molar-refractivity contribution is 5.77. The van der Waals surface area contributed by atoms with Crippen LogP contribution < -0.4 is 4.74 Å². The fraction of sp³-hybridized carbons (Fsp3) is 0.533. The van der Waals surface area contributed by atoms with Crippen molar-refractivity contribution in [2.24, 2.45) is 0 Å². The molecule has 1 aromatic rings. The van der Waals surface area contributed by atoms with Crippen molar-refractivity contribution < 1.29 is 9.53 Å². The topological polar surface area (TPSA) is 29.5 Å².